The molecular weight excluding hydrogens is 369 g/mol. The van der Waals surface area contributed by atoms with Crippen LogP contribution in [0.3, 0.4) is 0 Å². The Labute approximate surface area is 154 Å². The van der Waals surface area contributed by atoms with Crippen LogP contribution in [0.5, 0.6) is 0 Å². The highest BCUT2D eigenvalue weighted by Gasteiger charge is 2.31. The van der Waals surface area contributed by atoms with Crippen LogP contribution in [0.25, 0.3) is 0 Å². The highest BCUT2D eigenvalue weighted by molar-refractivity contribution is 6.33. The fraction of sp³-hybridized carbons (Fsp3) is 0.353. The van der Waals surface area contributed by atoms with Crippen molar-refractivity contribution in [2.24, 2.45) is 5.92 Å². The second kappa shape index (κ2) is 8.35. The number of rotatable bonds is 6. The molecule has 5 nitrogen and oxygen atoms in total. The molecule has 2 N–H and O–H groups in total. The molecule has 0 spiro atoms. The Morgan fingerprint density at radius 2 is 2.00 bits per heavy atom. The van der Waals surface area contributed by atoms with Gasteiger partial charge in [0.1, 0.15) is 5.69 Å². The van der Waals surface area contributed by atoms with E-state index in [4.69, 9.17) is 11.6 Å². The van der Waals surface area contributed by atoms with Gasteiger partial charge in [0.2, 0.25) is 5.95 Å². The number of halogens is 4. The summed E-state index contributed by atoms with van der Waals surface area (Å²) in [6, 6.07) is 4.08. The van der Waals surface area contributed by atoms with E-state index < -0.39 is 17.6 Å². The summed E-state index contributed by atoms with van der Waals surface area (Å²) < 4.78 is 38.4. The van der Waals surface area contributed by atoms with E-state index in [1.54, 1.807) is 0 Å². The minimum atomic E-state index is -4.54. The Morgan fingerprint density at radius 3 is 2.65 bits per heavy atom. The molecule has 26 heavy (non-hydrogen) atoms. The molecule has 0 saturated heterocycles. The summed E-state index contributed by atoms with van der Waals surface area (Å²) >= 11 is 5.88. The quantitative estimate of drug-likeness (QED) is 0.744. The Morgan fingerprint density at radius 1 is 1.27 bits per heavy atom. The zero-order chi connectivity index (χ0) is 19.3. The molecule has 0 atom stereocenters. The Hall–Kier alpha value is -2.35. The summed E-state index contributed by atoms with van der Waals surface area (Å²) in [5.41, 5.74) is -1.03. The van der Waals surface area contributed by atoms with Gasteiger partial charge >= 0.3 is 6.18 Å². The van der Waals surface area contributed by atoms with Crippen molar-refractivity contribution >= 4 is 29.1 Å². The van der Waals surface area contributed by atoms with E-state index >= 15 is 0 Å². The Bertz CT molecular complexity index is 781. The largest absolute Gasteiger partial charge is 0.416 e. The van der Waals surface area contributed by atoms with Gasteiger partial charge in [0, 0.05) is 12.7 Å². The van der Waals surface area contributed by atoms with Crippen molar-refractivity contribution in [3.8, 4) is 0 Å². The highest BCUT2D eigenvalue weighted by atomic mass is 35.5. The van der Waals surface area contributed by atoms with E-state index in [0.29, 0.717) is 12.5 Å². The molecule has 0 fully saturated rings. The number of hydrogen-bond donors (Lipinski definition) is 2. The molecule has 1 aromatic heterocycles. The maximum absolute atomic E-state index is 12.8. The lowest BCUT2D eigenvalue weighted by atomic mass is 10.1. The highest BCUT2D eigenvalue weighted by Crippen LogP contribution is 2.33. The van der Waals surface area contributed by atoms with Crippen LogP contribution in [0, 0.1) is 5.92 Å². The molecule has 0 bridgehead atoms. The standard InChI is InChI=1S/C17H18ClF3N4O/c1-10(2)5-7-22-16-23-8-6-13(25-16)15(26)24-14-9-11(17(19,20)21)3-4-12(14)18/h3-4,6,8-10H,5,7H2,1-2H3,(H,24,26)(H,22,23,25). The predicted molar refractivity (Wildman–Crippen MR) is 94.4 cm³/mol. The van der Waals surface area contributed by atoms with Gasteiger partial charge in [-0.15, -0.1) is 0 Å². The van der Waals surface area contributed by atoms with E-state index in [2.05, 4.69) is 34.4 Å². The zero-order valence-electron chi connectivity index (χ0n) is 14.2. The number of carbonyl (C=O) groups is 1. The molecular formula is C17H18ClF3N4O. The number of benzene rings is 1. The van der Waals surface area contributed by atoms with E-state index in [0.717, 1.165) is 24.6 Å². The summed E-state index contributed by atoms with van der Waals surface area (Å²) in [6.07, 6.45) is -2.24. The minimum Gasteiger partial charge on any atom is -0.354 e. The van der Waals surface area contributed by atoms with Crippen LogP contribution in [-0.2, 0) is 6.18 Å². The maximum atomic E-state index is 12.8. The van der Waals surface area contributed by atoms with Crippen LogP contribution < -0.4 is 10.6 Å². The second-order valence-electron chi connectivity index (χ2n) is 6.02. The van der Waals surface area contributed by atoms with E-state index in [1.807, 2.05) is 0 Å². The lowest BCUT2D eigenvalue weighted by molar-refractivity contribution is -0.137. The van der Waals surface area contributed by atoms with Crippen LogP contribution in [0.2, 0.25) is 5.02 Å². The molecule has 9 heteroatoms. The first-order chi connectivity index (χ1) is 12.2. The smallest absolute Gasteiger partial charge is 0.354 e. The zero-order valence-corrected chi connectivity index (χ0v) is 14.9. The molecule has 0 aliphatic carbocycles. The lowest BCUT2D eigenvalue weighted by Gasteiger charge is -2.12. The molecule has 0 unspecified atom stereocenters. The van der Waals surface area contributed by atoms with Gasteiger partial charge in [-0.25, -0.2) is 9.97 Å². The van der Waals surface area contributed by atoms with E-state index in [-0.39, 0.29) is 22.4 Å². The van der Waals surface area contributed by atoms with Crippen molar-refractivity contribution in [1.29, 1.82) is 0 Å². The number of anilines is 2. The number of aromatic nitrogens is 2. The summed E-state index contributed by atoms with van der Waals surface area (Å²) in [6.45, 7) is 4.79. The van der Waals surface area contributed by atoms with Crippen molar-refractivity contribution in [3.63, 3.8) is 0 Å². The van der Waals surface area contributed by atoms with Crippen molar-refractivity contribution < 1.29 is 18.0 Å². The molecule has 0 saturated carbocycles. The molecule has 0 aliphatic heterocycles. The van der Waals surface area contributed by atoms with Crippen molar-refractivity contribution in [2.45, 2.75) is 26.4 Å². The summed E-state index contributed by atoms with van der Waals surface area (Å²) in [7, 11) is 0. The fourth-order valence-electron chi connectivity index (χ4n) is 2.03. The molecule has 1 aromatic carbocycles. The van der Waals surface area contributed by atoms with Gasteiger partial charge in [-0.05, 0) is 36.6 Å². The third kappa shape index (κ3) is 5.59. The first kappa shape index (κ1) is 20.0. The van der Waals surface area contributed by atoms with E-state index in [1.165, 1.54) is 12.3 Å². The second-order valence-corrected chi connectivity index (χ2v) is 6.43. The van der Waals surface area contributed by atoms with Gasteiger partial charge in [-0.2, -0.15) is 13.2 Å². The Kier molecular flexibility index (Phi) is 6.42. The number of hydrogen-bond acceptors (Lipinski definition) is 4. The number of nitrogens with one attached hydrogen (secondary N) is 2. The lowest BCUT2D eigenvalue weighted by Crippen LogP contribution is -2.17. The third-order valence-corrected chi connectivity index (χ3v) is 3.76. The van der Waals surface area contributed by atoms with Crippen LogP contribution >= 0.6 is 11.6 Å². The number of alkyl halides is 3. The van der Waals surface area contributed by atoms with Crippen LogP contribution in [-0.4, -0.2) is 22.4 Å². The first-order valence-corrected chi connectivity index (χ1v) is 8.29. The van der Waals surface area contributed by atoms with Gasteiger partial charge in [0.05, 0.1) is 16.3 Å². The average molecular weight is 387 g/mol. The first-order valence-electron chi connectivity index (χ1n) is 7.92. The monoisotopic (exact) mass is 386 g/mol. The minimum absolute atomic E-state index is 0.00399. The molecule has 2 rings (SSSR count). The van der Waals surface area contributed by atoms with Gasteiger partial charge in [-0.1, -0.05) is 25.4 Å². The van der Waals surface area contributed by atoms with E-state index in [9.17, 15) is 18.0 Å². The van der Waals surface area contributed by atoms with Crippen molar-refractivity contribution in [1.82, 2.24) is 9.97 Å². The molecule has 0 radical (unpaired) electrons. The van der Waals surface area contributed by atoms with Gasteiger partial charge in [-0.3, -0.25) is 4.79 Å². The molecule has 1 heterocycles. The predicted octanol–water partition coefficient (Wildman–Crippen LogP) is 4.86. The van der Waals surface area contributed by atoms with Crippen LogP contribution in [0.1, 0.15) is 36.3 Å². The topological polar surface area (TPSA) is 66.9 Å². The van der Waals surface area contributed by atoms with Crippen LogP contribution in [0.4, 0.5) is 24.8 Å². The third-order valence-electron chi connectivity index (χ3n) is 3.43. The molecule has 140 valence electrons. The number of amides is 1. The van der Waals surface area contributed by atoms with Gasteiger partial charge in [0.25, 0.3) is 5.91 Å². The normalized spacial score (nSPS) is 11.5. The number of nitrogens with zero attached hydrogens (tertiary/aromatic N) is 2. The molecule has 1 amide bonds. The SMILES string of the molecule is CC(C)CCNc1nccc(C(=O)Nc2cc(C(F)(F)F)ccc2Cl)n1. The van der Waals surface area contributed by atoms with Crippen LogP contribution in [0.15, 0.2) is 30.5 Å². The van der Waals surface area contributed by atoms with Crippen molar-refractivity contribution in [3.05, 3.63) is 46.7 Å². The molecule has 2 aromatic rings. The van der Waals surface area contributed by atoms with Gasteiger partial charge in [0.15, 0.2) is 0 Å². The Balaban J connectivity index is 2.13. The summed E-state index contributed by atoms with van der Waals surface area (Å²) in [5.74, 6) is 0.0889. The average Bonchev–Trinajstić information content (AvgIpc) is 2.55. The van der Waals surface area contributed by atoms with Crippen molar-refractivity contribution in [2.75, 3.05) is 17.2 Å². The maximum Gasteiger partial charge on any atom is 0.416 e. The van der Waals surface area contributed by atoms with Gasteiger partial charge < -0.3 is 10.6 Å². The fourth-order valence-corrected chi connectivity index (χ4v) is 2.19. The summed E-state index contributed by atoms with van der Waals surface area (Å²) in [5, 5.41) is 5.35. The molecule has 0 aliphatic rings. The number of carbonyl (C=O) groups excluding carboxylic acids is 1. The summed E-state index contributed by atoms with van der Waals surface area (Å²) in [4.78, 5) is 20.4.